The van der Waals surface area contributed by atoms with E-state index in [-0.39, 0.29) is 23.8 Å². The van der Waals surface area contributed by atoms with Crippen molar-refractivity contribution in [1.29, 1.82) is 0 Å². The molecule has 1 heterocycles. The van der Waals surface area contributed by atoms with Gasteiger partial charge in [0.1, 0.15) is 5.82 Å². The molecule has 1 unspecified atom stereocenters. The molecule has 1 saturated heterocycles. The highest BCUT2D eigenvalue weighted by Crippen LogP contribution is 2.17. The molecule has 2 atom stereocenters. The van der Waals surface area contributed by atoms with E-state index in [0.29, 0.717) is 5.56 Å². The maximum Gasteiger partial charge on any atom is 0.237 e. The van der Waals surface area contributed by atoms with E-state index in [1.165, 1.54) is 6.07 Å². The van der Waals surface area contributed by atoms with Crippen LogP contribution in [0.2, 0.25) is 0 Å². The second-order valence-corrected chi connectivity index (χ2v) is 4.89. The van der Waals surface area contributed by atoms with E-state index in [4.69, 9.17) is 0 Å². The van der Waals surface area contributed by atoms with Crippen LogP contribution in [0.4, 0.5) is 4.39 Å². The van der Waals surface area contributed by atoms with Crippen molar-refractivity contribution in [2.24, 2.45) is 0 Å². The van der Waals surface area contributed by atoms with Gasteiger partial charge in [-0.15, -0.1) is 0 Å². The molecule has 0 aromatic heterocycles. The normalized spacial score (nSPS) is 20.7. The standard InChI is InChI=1S/C14H19FN2O/c1-9-5-6-11(8-12(9)15)10(2)17-14(18)13-4-3-7-16-13/h5-6,8,10,13,16H,3-4,7H2,1-2H3,(H,17,18)/t10?,13-/m1/s1. The SMILES string of the molecule is Cc1ccc(C(C)NC(=O)[C@H]2CCCN2)cc1F. The first-order valence-corrected chi connectivity index (χ1v) is 6.37. The molecule has 1 aliphatic rings. The summed E-state index contributed by atoms with van der Waals surface area (Å²) >= 11 is 0. The molecular weight excluding hydrogens is 231 g/mol. The Bertz CT molecular complexity index is 441. The van der Waals surface area contributed by atoms with Gasteiger partial charge in [0, 0.05) is 0 Å². The molecule has 1 amide bonds. The smallest absolute Gasteiger partial charge is 0.237 e. The minimum absolute atomic E-state index is 0.000910. The highest BCUT2D eigenvalue weighted by Gasteiger charge is 2.23. The molecule has 0 saturated carbocycles. The van der Waals surface area contributed by atoms with Crippen molar-refractivity contribution in [3.05, 3.63) is 35.1 Å². The van der Waals surface area contributed by atoms with E-state index in [1.54, 1.807) is 13.0 Å². The first kappa shape index (κ1) is 13.0. The Balaban J connectivity index is 2.00. The van der Waals surface area contributed by atoms with Crippen molar-refractivity contribution in [3.63, 3.8) is 0 Å². The van der Waals surface area contributed by atoms with Crippen LogP contribution >= 0.6 is 0 Å². The van der Waals surface area contributed by atoms with E-state index in [0.717, 1.165) is 24.9 Å². The van der Waals surface area contributed by atoms with Crippen molar-refractivity contribution in [2.75, 3.05) is 6.54 Å². The molecule has 2 rings (SSSR count). The molecule has 1 aliphatic heterocycles. The van der Waals surface area contributed by atoms with Gasteiger partial charge in [-0.2, -0.15) is 0 Å². The average molecular weight is 250 g/mol. The van der Waals surface area contributed by atoms with Crippen LogP contribution in [-0.4, -0.2) is 18.5 Å². The number of benzene rings is 1. The Morgan fingerprint density at radius 1 is 1.56 bits per heavy atom. The maximum atomic E-state index is 13.5. The fourth-order valence-electron chi connectivity index (χ4n) is 2.18. The number of hydrogen-bond acceptors (Lipinski definition) is 2. The molecule has 1 aromatic rings. The van der Waals surface area contributed by atoms with Crippen LogP contribution in [0.15, 0.2) is 18.2 Å². The van der Waals surface area contributed by atoms with Gasteiger partial charge < -0.3 is 10.6 Å². The van der Waals surface area contributed by atoms with Gasteiger partial charge in [-0.05, 0) is 50.4 Å². The van der Waals surface area contributed by atoms with Crippen molar-refractivity contribution in [3.8, 4) is 0 Å². The molecule has 1 fully saturated rings. The van der Waals surface area contributed by atoms with Crippen LogP contribution in [0.3, 0.4) is 0 Å². The lowest BCUT2D eigenvalue weighted by Gasteiger charge is -2.18. The topological polar surface area (TPSA) is 41.1 Å². The van der Waals surface area contributed by atoms with Gasteiger partial charge >= 0.3 is 0 Å². The lowest BCUT2D eigenvalue weighted by molar-refractivity contribution is -0.123. The third kappa shape index (κ3) is 2.88. The van der Waals surface area contributed by atoms with Crippen molar-refractivity contribution in [1.82, 2.24) is 10.6 Å². The van der Waals surface area contributed by atoms with Gasteiger partial charge in [0.05, 0.1) is 12.1 Å². The number of aryl methyl sites for hydroxylation is 1. The van der Waals surface area contributed by atoms with Gasteiger partial charge in [0.2, 0.25) is 5.91 Å². The molecule has 18 heavy (non-hydrogen) atoms. The van der Waals surface area contributed by atoms with Crippen LogP contribution in [0.5, 0.6) is 0 Å². The van der Waals surface area contributed by atoms with Crippen LogP contribution in [-0.2, 0) is 4.79 Å². The van der Waals surface area contributed by atoms with Crippen LogP contribution in [0, 0.1) is 12.7 Å². The van der Waals surface area contributed by atoms with Crippen LogP contribution < -0.4 is 10.6 Å². The lowest BCUT2D eigenvalue weighted by atomic mass is 10.1. The van der Waals surface area contributed by atoms with Crippen LogP contribution in [0.1, 0.15) is 36.9 Å². The van der Waals surface area contributed by atoms with E-state index >= 15 is 0 Å². The summed E-state index contributed by atoms with van der Waals surface area (Å²) in [7, 11) is 0. The average Bonchev–Trinajstić information content (AvgIpc) is 2.86. The quantitative estimate of drug-likeness (QED) is 0.862. The second kappa shape index (κ2) is 5.48. The number of rotatable bonds is 3. The van der Waals surface area contributed by atoms with E-state index in [9.17, 15) is 9.18 Å². The third-order valence-electron chi connectivity index (χ3n) is 3.43. The van der Waals surface area contributed by atoms with Gasteiger partial charge in [-0.1, -0.05) is 12.1 Å². The molecule has 3 nitrogen and oxygen atoms in total. The highest BCUT2D eigenvalue weighted by molar-refractivity contribution is 5.82. The van der Waals surface area contributed by atoms with E-state index in [2.05, 4.69) is 10.6 Å². The molecule has 2 N–H and O–H groups in total. The summed E-state index contributed by atoms with van der Waals surface area (Å²) in [5, 5.41) is 6.06. The summed E-state index contributed by atoms with van der Waals surface area (Å²) in [6.45, 7) is 4.49. The Morgan fingerprint density at radius 2 is 2.33 bits per heavy atom. The number of hydrogen-bond donors (Lipinski definition) is 2. The number of carbonyl (C=O) groups excluding carboxylic acids is 1. The Kier molecular flexibility index (Phi) is 3.97. The first-order valence-electron chi connectivity index (χ1n) is 6.37. The molecule has 1 aromatic carbocycles. The van der Waals surface area contributed by atoms with Gasteiger partial charge in [0.25, 0.3) is 0 Å². The van der Waals surface area contributed by atoms with Crippen molar-refractivity contribution in [2.45, 2.75) is 38.8 Å². The predicted octanol–water partition coefficient (Wildman–Crippen LogP) is 2.06. The van der Waals surface area contributed by atoms with Crippen molar-refractivity contribution >= 4 is 5.91 Å². The zero-order chi connectivity index (χ0) is 13.1. The number of halogens is 1. The first-order chi connectivity index (χ1) is 8.58. The van der Waals surface area contributed by atoms with Crippen molar-refractivity contribution < 1.29 is 9.18 Å². The summed E-state index contributed by atoms with van der Waals surface area (Å²) in [6.07, 6.45) is 1.91. The van der Waals surface area contributed by atoms with E-state index in [1.807, 2.05) is 13.0 Å². The van der Waals surface area contributed by atoms with Gasteiger partial charge in [0.15, 0.2) is 0 Å². The molecule has 0 bridgehead atoms. The lowest BCUT2D eigenvalue weighted by Crippen LogP contribution is -2.41. The largest absolute Gasteiger partial charge is 0.348 e. The molecular formula is C14H19FN2O. The number of nitrogens with one attached hydrogen (secondary N) is 2. The zero-order valence-electron chi connectivity index (χ0n) is 10.8. The Labute approximate surface area is 107 Å². The molecule has 0 aliphatic carbocycles. The molecule has 0 radical (unpaired) electrons. The number of carbonyl (C=O) groups is 1. The fourth-order valence-corrected chi connectivity index (χ4v) is 2.18. The maximum absolute atomic E-state index is 13.5. The van der Waals surface area contributed by atoms with E-state index < -0.39 is 0 Å². The Hall–Kier alpha value is -1.42. The summed E-state index contributed by atoms with van der Waals surface area (Å²) in [4.78, 5) is 11.9. The minimum Gasteiger partial charge on any atom is -0.348 e. The van der Waals surface area contributed by atoms with Gasteiger partial charge in [-0.3, -0.25) is 4.79 Å². The highest BCUT2D eigenvalue weighted by atomic mass is 19.1. The summed E-state index contributed by atoms with van der Waals surface area (Å²) in [6, 6.07) is 4.81. The van der Waals surface area contributed by atoms with Crippen LogP contribution in [0.25, 0.3) is 0 Å². The summed E-state index contributed by atoms with van der Waals surface area (Å²) in [5.74, 6) is -0.228. The molecule has 0 spiro atoms. The Morgan fingerprint density at radius 3 is 2.94 bits per heavy atom. The minimum atomic E-state index is -0.229. The zero-order valence-corrected chi connectivity index (χ0v) is 10.8. The van der Waals surface area contributed by atoms with Gasteiger partial charge in [-0.25, -0.2) is 4.39 Å². The molecule has 4 heteroatoms. The third-order valence-corrected chi connectivity index (χ3v) is 3.43. The monoisotopic (exact) mass is 250 g/mol. The fraction of sp³-hybridized carbons (Fsp3) is 0.500. The summed E-state index contributed by atoms with van der Waals surface area (Å²) in [5.41, 5.74) is 1.42. The number of amides is 1. The summed E-state index contributed by atoms with van der Waals surface area (Å²) < 4.78 is 13.5. The molecule has 98 valence electrons. The predicted molar refractivity (Wildman–Crippen MR) is 68.7 cm³/mol. The second-order valence-electron chi connectivity index (χ2n) is 4.89.